The van der Waals surface area contributed by atoms with E-state index in [0.29, 0.717) is 6.42 Å². The summed E-state index contributed by atoms with van der Waals surface area (Å²) in [5.74, 6) is 0.456. The average molecular weight is 201 g/mol. The Balaban J connectivity index is 0. The van der Waals surface area contributed by atoms with Crippen molar-refractivity contribution in [1.82, 2.24) is 0 Å². The molecule has 0 amide bonds. The molecule has 0 rings (SSSR count). The molecule has 2 N–H and O–H groups in total. The largest absolute Gasteiger partial charge is 0.321 e. The van der Waals surface area contributed by atoms with E-state index >= 15 is 0 Å². The summed E-state index contributed by atoms with van der Waals surface area (Å²) >= 11 is 0. The van der Waals surface area contributed by atoms with Crippen molar-refractivity contribution in [2.45, 2.75) is 60.9 Å². The Morgan fingerprint density at radius 2 is 1.71 bits per heavy atom. The Bertz CT molecular complexity index is 168. The fourth-order valence-corrected chi connectivity index (χ4v) is 1.04. The Morgan fingerprint density at radius 3 is 2.00 bits per heavy atom. The normalized spacial score (nSPS) is 13.6. The number of nitrogens with two attached hydrogens (primary N) is 1. The first-order valence-corrected chi connectivity index (χ1v) is 5.02. The van der Waals surface area contributed by atoms with Gasteiger partial charge in [0.15, 0.2) is 0 Å². The first-order chi connectivity index (χ1) is 5.74. The maximum absolute atomic E-state index is 11.5. The molecule has 0 saturated heterocycles. The molecule has 0 aliphatic rings. The van der Waals surface area contributed by atoms with Crippen LogP contribution in [0.15, 0.2) is 0 Å². The molecule has 0 aromatic heterocycles. The molecule has 2 nitrogen and oxygen atoms in total. The predicted molar refractivity (Wildman–Crippen MR) is 63.2 cm³/mol. The van der Waals surface area contributed by atoms with Crippen LogP contribution in [0, 0.1) is 11.3 Å². The number of carbonyl (C=O) groups excluding carboxylic acids is 1. The van der Waals surface area contributed by atoms with Crippen LogP contribution in [-0.4, -0.2) is 11.8 Å². The van der Waals surface area contributed by atoms with E-state index in [0.717, 1.165) is 6.42 Å². The van der Waals surface area contributed by atoms with Gasteiger partial charge in [-0.2, -0.15) is 0 Å². The van der Waals surface area contributed by atoms with Crippen molar-refractivity contribution in [3.63, 3.8) is 0 Å². The van der Waals surface area contributed by atoms with Crippen molar-refractivity contribution < 1.29 is 4.79 Å². The van der Waals surface area contributed by atoms with Gasteiger partial charge in [0.2, 0.25) is 0 Å². The molecule has 86 valence electrons. The van der Waals surface area contributed by atoms with Crippen LogP contribution in [0.1, 0.15) is 54.9 Å². The van der Waals surface area contributed by atoms with Crippen LogP contribution in [0.2, 0.25) is 0 Å². The number of Topliss-reactive ketones (excluding diaryl/α,β-unsaturated/α-hetero) is 1. The lowest BCUT2D eigenvalue weighted by Gasteiger charge is -2.20. The first kappa shape index (κ1) is 16.1. The van der Waals surface area contributed by atoms with E-state index in [1.165, 1.54) is 0 Å². The van der Waals surface area contributed by atoms with E-state index in [4.69, 9.17) is 5.73 Å². The fraction of sp³-hybridized carbons (Fsp3) is 0.917. The van der Waals surface area contributed by atoms with Crippen molar-refractivity contribution in [3.8, 4) is 0 Å². The van der Waals surface area contributed by atoms with Crippen LogP contribution in [0.3, 0.4) is 0 Å². The maximum atomic E-state index is 11.5. The minimum Gasteiger partial charge on any atom is -0.321 e. The highest BCUT2D eigenvalue weighted by Gasteiger charge is 2.19. The van der Waals surface area contributed by atoms with Gasteiger partial charge in [-0.1, -0.05) is 42.0 Å². The molecule has 0 aliphatic heterocycles. The minimum absolute atomic E-state index is 0. The van der Waals surface area contributed by atoms with Gasteiger partial charge in [0.25, 0.3) is 0 Å². The fourth-order valence-electron chi connectivity index (χ4n) is 1.04. The topological polar surface area (TPSA) is 43.1 Å². The van der Waals surface area contributed by atoms with Crippen LogP contribution in [0.25, 0.3) is 0 Å². The highest BCUT2D eigenvalue weighted by Crippen LogP contribution is 2.21. The Morgan fingerprint density at radius 1 is 1.29 bits per heavy atom. The van der Waals surface area contributed by atoms with Crippen LogP contribution < -0.4 is 5.73 Å². The highest BCUT2D eigenvalue weighted by atomic mass is 16.1. The van der Waals surface area contributed by atoms with E-state index in [1.54, 1.807) is 0 Å². The molecule has 0 fully saturated rings. The molecular weight excluding hydrogens is 174 g/mol. The number of carbonyl (C=O) groups is 1. The number of ketones is 1. The third-order valence-corrected chi connectivity index (χ3v) is 2.21. The molecular formula is C12H27NO. The van der Waals surface area contributed by atoms with Gasteiger partial charge in [0.1, 0.15) is 5.78 Å². The van der Waals surface area contributed by atoms with Gasteiger partial charge >= 0.3 is 0 Å². The smallest absolute Gasteiger partial charge is 0.149 e. The second kappa shape index (κ2) is 6.18. The van der Waals surface area contributed by atoms with E-state index in [-0.39, 0.29) is 30.6 Å². The van der Waals surface area contributed by atoms with Crippen molar-refractivity contribution in [2.24, 2.45) is 17.1 Å². The molecule has 0 saturated carbocycles. The third-order valence-electron chi connectivity index (χ3n) is 2.21. The molecule has 0 unspecified atom stereocenters. The molecule has 0 heterocycles. The quantitative estimate of drug-likeness (QED) is 0.760. The van der Waals surface area contributed by atoms with Crippen LogP contribution in [-0.2, 0) is 4.79 Å². The van der Waals surface area contributed by atoms with Crippen molar-refractivity contribution in [1.29, 1.82) is 0 Å². The molecule has 0 bridgehead atoms. The molecule has 0 radical (unpaired) electrons. The summed E-state index contributed by atoms with van der Waals surface area (Å²) in [6.07, 6.45) is 1.54. The molecule has 0 aliphatic carbocycles. The van der Waals surface area contributed by atoms with Gasteiger partial charge in [-0.15, -0.1) is 0 Å². The van der Waals surface area contributed by atoms with E-state index in [1.807, 2.05) is 13.8 Å². The van der Waals surface area contributed by atoms with E-state index in [9.17, 15) is 4.79 Å². The first-order valence-electron chi connectivity index (χ1n) is 5.02. The van der Waals surface area contributed by atoms with Gasteiger partial charge in [0.05, 0.1) is 6.04 Å². The molecule has 2 heteroatoms. The lowest BCUT2D eigenvalue weighted by molar-refractivity contribution is -0.121. The van der Waals surface area contributed by atoms with Crippen LogP contribution in [0.5, 0.6) is 0 Å². The third kappa shape index (κ3) is 7.07. The van der Waals surface area contributed by atoms with Crippen LogP contribution >= 0.6 is 0 Å². The van der Waals surface area contributed by atoms with E-state index in [2.05, 4.69) is 20.8 Å². The van der Waals surface area contributed by atoms with Crippen molar-refractivity contribution >= 4 is 5.78 Å². The Hall–Kier alpha value is -0.370. The number of rotatable bonds is 4. The summed E-state index contributed by atoms with van der Waals surface area (Å²) in [6, 6.07) is -0.276. The molecule has 0 aromatic carbocycles. The standard InChI is InChI=1S/C11H23NO.CH4/c1-8(2)10(12)9(13)6-7-11(3,4)5;/h8,10H,6-7,12H2,1-5H3;1H4/t10-;/m1./s1. The van der Waals surface area contributed by atoms with Gasteiger partial charge < -0.3 is 5.73 Å². The average Bonchev–Trinajstić information content (AvgIpc) is 1.97. The van der Waals surface area contributed by atoms with Gasteiger partial charge in [-0.05, 0) is 17.8 Å². The predicted octanol–water partition coefficient (Wildman–Crippen LogP) is 3.00. The summed E-state index contributed by atoms with van der Waals surface area (Å²) in [4.78, 5) is 11.5. The van der Waals surface area contributed by atoms with Crippen molar-refractivity contribution in [2.75, 3.05) is 0 Å². The maximum Gasteiger partial charge on any atom is 0.149 e. The van der Waals surface area contributed by atoms with Gasteiger partial charge in [-0.3, -0.25) is 4.79 Å². The summed E-state index contributed by atoms with van der Waals surface area (Å²) in [5, 5.41) is 0. The lowest BCUT2D eigenvalue weighted by atomic mass is 9.87. The second-order valence-corrected chi connectivity index (χ2v) is 5.30. The van der Waals surface area contributed by atoms with Gasteiger partial charge in [-0.25, -0.2) is 0 Å². The lowest BCUT2D eigenvalue weighted by Crippen LogP contribution is -2.35. The second-order valence-electron chi connectivity index (χ2n) is 5.30. The summed E-state index contributed by atoms with van der Waals surface area (Å²) in [5.41, 5.74) is 5.97. The summed E-state index contributed by atoms with van der Waals surface area (Å²) in [6.45, 7) is 10.4. The van der Waals surface area contributed by atoms with Crippen LogP contribution in [0.4, 0.5) is 0 Å². The highest BCUT2D eigenvalue weighted by molar-refractivity contribution is 5.83. The Labute approximate surface area is 89.3 Å². The number of hydrogen-bond acceptors (Lipinski definition) is 2. The van der Waals surface area contributed by atoms with Crippen molar-refractivity contribution in [3.05, 3.63) is 0 Å². The van der Waals surface area contributed by atoms with E-state index < -0.39 is 0 Å². The molecule has 0 spiro atoms. The van der Waals surface area contributed by atoms with Gasteiger partial charge in [0, 0.05) is 6.42 Å². The summed E-state index contributed by atoms with van der Waals surface area (Å²) < 4.78 is 0. The zero-order chi connectivity index (χ0) is 10.6. The zero-order valence-corrected chi connectivity index (χ0v) is 9.55. The Kier molecular flexibility index (Phi) is 7.09. The molecule has 1 atom stereocenters. The molecule has 14 heavy (non-hydrogen) atoms. The zero-order valence-electron chi connectivity index (χ0n) is 9.55. The SMILES string of the molecule is C.CC(C)[C@@H](N)C(=O)CCC(C)(C)C. The summed E-state index contributed by atoms with van der Waals surface area (Å²) in [7, 11) is 0. The molecule has 0 aromatic rings. The monoisotopic (exact) mass is 201 g/mol. The minimum atomic E-state index is -0.276. The number of hydrogen-bond donors (Lipinski definition) is 1.